The van der Waals surface area contributed by atoms with Crippen LogP contribution in [-0.4, -0.2) is 23.6 Å². The Kier molecular flexibility index (Phi) is 1.91. The number of esters is 2. The smallest absolute Gasteiger partial charge is 0.330 e. The number of rotatable bonds is 2. The SMILES string of the molecule is C=CC(=O)OC12CCC(C1)C1CC(=O)OC12. The Bertz CT molecular complexity index is 375. The topological polar surface area (TPSA) is 52.6 Å². The molecule has 4 heteroatoms. The highest BCUT2D eigenvalue weighted by Crippen LogP contribution is 2.58. The van der Waals surface area contributed by atoms with Gasteiger partial charge in [-0.1, -0.05) is 6.58 Å². The molecule has 0 aromatic heterocycles. The second-order valence-corrected chi connectivity index (χ2v) is 4.97. The number of hydrogen-bond acceptors (Lipinski definition) is 4. The molecule has 2 saturated carbocycles. The molecule has 0 aromatic rings. The molecule has 4 nitrogen and oxygen atoms in total. The minimum atomic E-state index is -0.549. The monoisotopic (exact) mass is 222 g/mol. The Balaban J connectivity index is 1.87. The highest BCUT2D eigenvalue weighted by atomic mass is 16.6. The summed E-state index contributed by atoms with van der Waals surface area (Å²) in [7, 11) is 0. The van der Waals surface area contributed by atoms with Crippen LogP contribution in [-0.2, 0) is 19.1 Å². The highest BCUT2D eigenvalue weighted by Gasteiger charge is 2.65. The second kappa shape index (κ2) is 3.09. The van der Waals surface area contributed by atoms with Crippen molar-refractivity contribution in [2.75, 3.05) is 0 Å². The van der Waals surface area contributed by atoms with Gasteiger partial charge in [0.25, 0.3) is 0 Å². The van der Waals surface area contributed by atoms with Gasteiger partial charge in [0.2, 0.25) is 0 Å². The van der Waals surface area contributed by atoms with Gasteiger partial charge >= 0.3 is 11.9 Å². The zero-order chi connectivity index (χ0) is 11.3. The number of hydrogen-bond donors (Lipinski definition) is 0. The Hall–Kier alpha value is -1.32. The number of fused-ring (bicyclic) bond motifs is 5. The summed E-state index contributed by atoms with van der Waals surface area (Å²) in [4.78, 5) is 22.6. The molecule has 16 heavy (non-hydrogen) atoms. The van der Waals surface area contributed by atoms with Crippen LogP contribution in [0.15, 0.2) is 12.7 Å². The van der Waals surface area contributed by atoms with E-state index in [-0.39, 0.29) is 18.0 Å². The van der Waals surface area contributed by atoms with Crippen molar-refractivity contribution in [2.45, 2.75) is 37.4 Å². The molecule has 0 aromatic carbocycles. The average molecular weight is 222 g/mol. The molecular weight excluding hydrogens is 208 g/mol. The van der Waals surface area contributed by atoms with Crippen molar-refractivity contribution >= 4 is 11.9 Å². The molecule has 1 heterocycles. The van der Waals surface area contributed by atoms with Crippen LogP contribution in [0.25, 0.3) is 0 Å². The average Bonchev–Trinajstić information content (AvgIpc) is 2.87. The summed E-state index contributed by atoms with van der Waals surface area (Å²) in [5, 5.41) is 0. The van der Waals surface area contributed by atoms with Gasteiger partial charge in [0.05, 0.1) is 6.42 Å². The van der Waals surface area contributed by atoms with Gasteiger partial charge in [0.1, 0.15) is 11.7 Å². The van der Waals surface area contributed by atoms with E-state index in [1.54, 1.807) is 0 Å². The third kappa shape index (κ3) is 1.16. The maximum absolute atomic E-state index is 11.3. The summed E-state index contributed by atoms with van der Waals surface area (Å²) in [6.45, 7) is 3.40. The highest BCUT2D eigenvalue weighted by molar-refractivity contribution is 5.82. The molecular formula is C12H14O4. The van der Waals surface area contributed by atoms with E-state index in [2.05, 4.69) is 6.58 Å². The molecule has 1 saturated heterocycles. The van der Waals surface area contributed by atoms with Gasteiger partial charge in [-0.3, -0.25) is 4.79 Å². The summed E-state index contributed by atoms with van der Waals surface area (Å²) in [6, 6.07) is 0. The molecule has 4 unspecified atom stereocenters. The van der Waals surface area contributed by atoms with Crippen LogP contribution in [0, 0.1) is 11.8 Å². The minimum absolute atomic E-state index is 0.152. The lowest BCUT2D eigenvalue weighted by molar-refractivity contribution is -0.173. The fraction of sp³-hybridized carbons (Fsp3) is 0.667. The third-order valence-electron chi connectivity index (χ3n) is 4.19. The maximum Gasteiger partial charge on any atom is 0.330 e. The van der Waals surface area contributed by atoms with Gasteiger partial charge in [-0.25, -0.2) is 4.79 Å². The molecule has 0 radical (unpaired) electrons. The first-order valence-electron chi connectivity index (χ1n) is 5.69. The standard InChI is InChI=1S/C12H14O4/c1-2-9(13)16-12-4-3-7(6-12)8-5-10(14)15-11(8)12/h2,7-8,11H,1,3-6H2. The van der Waals surface area contributed by atoms with Crippen LogP contribution in [0.5, 0.6) is 0 Å². The van der Waals surface area contributed by atoms with Gasteiger partial charge in [-0.2, -0.15) is 0 Å². The van der Waals surface area contributed by atoms with Crippen molar-refractivity contribution in [1.29, 1.82) is 0 Å². The van der Waals surface area contributed by atoms with Crippen LogP contribution < -0.4 is 0 Å². The Morgan fingerprint density at radius 1 is 1.62 bits per heavy atom. The van der Waals surface area contributed by atoms with E-state index in [0.717, 1.165) is 19.3 Å². The van der Waals surface area contributed by atoms with Crippen LogP contribution >= 0.6 is 0 Å². The fourth-order valence-electron chi connectivity index (χ4n) is 3.58. The summed E-state index contributed by atoms with van der Waals surface area (Å²) in [6.07, 6.45) is 4.14. The van der Waals surface area contributed by atoms with E-state index in [4.69, 9.17) is 9.47 Å². The first-order chi connectivity index (χ1) is 7.64. The van der Waals surface area contributed by atoms with Crippen LogP contribution in [0.4, 0.5) is 0 Å². The molecule has 2 aliphatic carbocycles. The van der Waals surface area contributed by atoms with Crippen molar-refractivity contribution in [1.82, 2.24) is 0 Å². The normalized spacial score (nSPS) is 44.0. The van der Waals surface area contributed by atoms with E-state index in [9.17, 15) is 9.59 Å². The van der Waals surface area contributed by atoms with E-state index in [1.165, 1.54) is 6.08 Å². The molecule has 3 aliphatic rings. The number of carbonyl (C=O) groups is 2. The Morgan fingerprint density at radius 3 is 3.19 bits per heavy atom. The zero-order valence-electron chi connectivity index (χ0n) is 8.98. The summed E-state index contributed by atoms with van der Waals surface area (Å²) in [5.41, 5.74) is -0.549. The molecule has 4 atom stereocenters. The molecule has 3 rings (SSSR count). The van der Waals surface area contributed by atoms with Crippen molar-refractivity contribution in [3.8, 4) is 0 Å². The molecule has 3 fully saturated rings. The van der Waals surface area contributed by atoms with Crippen molar-refractivity contribution in [3.63, 3.8) is 0 Å². The van der Waals surface area contributed by atoms with Crippen molar-refractivity contribution in [2.24, 2.45) is 11.8 Å². The summed E-state index contributed by atoms with van der Waals surface area (Å²) in [5.74, 6) is 0.179. The van der Waals surface area contributed by atoms with Gasteiger partial charge in [0.15, 0.2) is 0 Å². The van der Waals surface area contributed by atoms with Gasteiger partial charge in [-0.15, -0.1) is 0 Å². The quantitative estimate of drug-likeness (QED) is 0.520. The number of ether oxygens (including phenoxy) is 2. The van der Waals surface area contributed by atoms with Gasteiger partial charge in [0, 0.05) is 12.0 Å². The summed E-state index contributed by atoms with van der Waals surface area (Å²) < 4.78 is 10.8. The predicted molar refractivity (Wildman–Crippen MR) is 54.3 cm³/mol. The Morgan fingerprint density at radius 2 is 2.44 bits per heavy atom. The fourth-order valence-corrected chi connectivity index (χ4v) is 3.58. The second-order valence-electron chi connectivity index (χ2n) is 4.97. The van der Waals surface area contributed by atoms with Crippen LogP contribution in [0.3, 0.4) is 0 Å². The molecule has 0 amide bonds. The molecule has 0 N–H and O–H groups in total. The molecule has 86 valence electrons. The van der Waals surface area contributed by atoms with E-state index in [1.807, 2.05) is 0 Å². The van der Waals surface area contributed by atoms with Gasteiger partial charge < -0.3 is 9.47 Å². The predicted octanol–water partition coefficient (Wildman–Crippen LogP) is 1.20. The minimum Gasteiger partial charge on any atom is -0.458 e. The molecule has 0 spiro atoms. The largest absolute Gasteiger partial charge is 0.458 e. The first kappa shape index (κ1) is 9.87. The van der Waals surface area contributed by atoms with Crippen molar-refractivity contribution < 1.29 is 19.1 Å². The third-order valence-corrected chi connectivity index (χ3v) is 4.19. The lowest BCUT2D eigenvalue weighted by Gasteiger charge is -2.33. The Labute approximate surface area is 93.6 Å². The van der Waals surface area contributed by atoms with E-state index < -0.39 is 11.6 Å². The first-order valence-corrected chi connectivity index (χ1v) is 5.69. The van der Waals surface area contributed by atoms with E-state index >= 15 is 0 Å². The zero-order valence-corrected chi connectivity index (χ0v) is 8.98. The maximum atomic E-state index is 11.3. The molecule has 2 bridgehead atoms. The molecule has 1 aliphatic heterocycles. The van der Waals surface area contributed by atoms with Crippen LogP contribution in [0.2, 0.25) is 0 Å². The van der Waals surface area contributed by atoms with E-state index in [0.29, 0.717) is 12.3 Å². The van der Waals surface area contributed by atoms with Crippen LogP contribution in [0.1, 0.15) is 25.7 Å². The van der Waals surface area contributed by atoms with Gasteiger partial charge in [-0.05, 0) is 25.2 Å². The lowest BCUT2D eigenvalue weighted by Crippen LogP contribution is -2.44. The lowest BCUT2D eigenvalue weighted by atomic mass is 9.84. The summed E-state index contributed by atoms with van der Waals surface area (Å²) >= 11 is 0. The number of carbonyl (C=O) groups excluding carboxylic acids is 2. The van der Waals surface area contributed by atoms with Crippen molar-refractivity contribution in [3.05, 3.63) is 12.7 Å².